The Balaban J connectivity index is 1.66. The molecule has 0 spiro atoms. The molecular formula is C23H30N2O2. The second kappa shape index (κ2) is 11.2. The Morgan fingerprint density at radius 3 is 2.70 bits per heavy atom. The summed E-state index contributed by atoms with van der Waals surface area (Å²) in [7, 11) is 1.66. The Labute approximate surface area is 162 Å². The van der Waals surface area contributed by atoms with Crippen LogP contribution >= 0.6 is 0 Å². The first-order chi connectivity index (χ1) is 13.1. The molecule has 144 valence electrons. The maximum absolute atomic E-state index is 12.1. The molecule has 1 aromatic carbocycles. The first-order valence-electron chi connectivity index (χ1n) is 9.58. The second-order valence-corrected chi connectivity index (χ2v) is 6.88. The Hall–Kier alpha value is -2.62. The number of aromatic nitrogens is 1. The Morgan fingerprint density at radius 1 is 1.26 bits per heavy atom. The fourth-order valence-electron chi connectivity index (χ4n) is 2.97. The highest BCUT2D eigenvalue weighted by Crippen LogP contribution is 2.18. The molecule has 0 saturated carbocycles. The molecule has 2 aromatic rings. The standard InChI is InChI=1S/C23H30N2O2/c1-18(21-12-14-22(27-3)15-13-21)7-4-11-23(26)25-19(2)8-5-9-20-10-6-16-24-17-20/h6-7,10,12-17,19H,4-5,8-9,11H2,1-3H3,(H,25,26)/b18-7-/t19-/m1/s1. The van der Waals surface area contributed by atoms with Gasteiger partial charge < -0.3 is 10.1 Å². The molecule has 2 rings (SSSR count). The van der Waals surface area contributed by atoms with Crippen LogP contribution in [0.4, 0.5) is 0 Å². The van der Waals surface area contributed by atoms with Crippen molar-refractivity contribution in [3.8, 4) is 5.75 Å². The van der Waals surface area contributed by atoms with Crippen LogP contribution in [0.1, 0.15) is 50.7 Å². The first kappa shape index (κ1) is 20.7. The van der Waals surface area contributed by atoms with Gasteiger partial charge in [-0.1, -0.05) is 24.3 Å². The number of hydrogen-bond acceptors (Lipinski definition) is 3. The lowest BCUT2D eigenvalue weighted by Gasteiger charge is -2.13. The Morgan fingerprint density at radius 2 is 2.04 bits per heavy atom. The van der Waals surface area contributed by atoms with Gasteiger partial charge in [0.1, 0.15) is 5.75 Å². The van der Waals surface area contributed by atoms with E-state index in [1.807, 2.05) is 36.5 Å². The third-order valence-electron chi connectivity index (χ3n) is 4.60. The van der Waals surface area contributed by atoms with Gasteiger partial charge in [-0.25, -0.2) is 0 Å². The lowest BCUT2D eigenvalue weighted by atomic mass is 10.1. The van der Waals surface area contributed by atoms with E-state index in [4.69, 9.17) is 4.74 Å². The van der Waals surface area contributed by atoms with E-state index in [1.165, 1.54) is 11.1 Å². The largest absolute Gasteiger partial charge is 0.497 e. The maximum Gasteiger partial charge on any atom is 0.220 e. The van der Waals surface area contributed by atoms with E-state index in [0.29, 0.717) is 6.42 Å². The Bertz CT molecular complexity index is 724. The van der Waals surface area contributed by atoms with Gasteiger partial charge in [0.25, 0.3) is 0 Å². The summed E-state index contributed by atoms with van der Waals surface area (Å²) < 4.78 is 5.18. The summed E-state index contributed by atoms with van der Waals surface area (Å²) in [6.07, 6.45) is 10.1. The number of pyridine rings is 1. The molecule has 0 aliphatic heterocycles. The number of hydrogen-bond donors (Lipinski definition) is 1. The van der Waals surface area contributed by atoms with E-state index in [-0.39, 0.29) is 11.9 Å². The van der Waals surface area contributed by atoms with E-state index in [0.717, 1.165) is 37.0 Å². The SMILES string of the molecule is COc1ccc(/C(C)=C\CCC(=O)N[C@H](C)CCCc2cccnc2)cc1. The minimum absolute atomic E-state index is 0.114. The predicted molar refractivity (Wildman–Crippen MR) is 111 cm³/mol. The van der Waals surface area contributed by atoms with Crippen molar-refractivity contribution in [3.63, 3.8) is 0 Å². The van der Waals surface area contributed by atoms with Gasteiger partial charge in [0.2, 0.25) is 5.91 Å². The van der Waals surface area contributed by atoms with Gasteiger partial charge in [-0.15, -0.1) is 0 Å². The lowest BCUT2D eigenvalue weighted by Crippen LogP contribution is -2.32. The van der Waals surface area contributed by atoms with Gasteiger partial charge in [-0.3, -0.25) is 9.78 Å². The lowest BCUT2D eigenvalue weighted by molar-refractivity contribution is -0.121. The summed E-state index contributed by atoms with van der Waals surface area (Å²) in [5, 5.41) is 3.09. The van der Waals surface area contributed by atoms with E-state index in [9.17, 15) is 4.79 Å². The van der Waals surface area contributed by atoms with Crippen LogP contribution in [0.5, 0.6) is 5.75 Å². The van der Waals surface area contributed by atoms with Crippen LogP contribution in [-0.4, -0.2) is 24.0 Å². The maximum atomic E-state index is 12.1. The monoisotopic (exact) mass is 366 g/mol. The van der Waals surface area contributed by atoms with Crippen molar-refractivity contribution in [3.05, 3.63) is 66.0 Å². The summed E-state index contributed by atoms with van der Waals surface area (Å²) in [6.45, 7) is 4.14. The van der Waals surface area contributed by atoms with Gasteiger partial charge in [0.05, 0.1) is 7.11 Å². The average Bonchev–Trinajstić information content (AvgIpc) is 2.68. The average molecular weight is 367 g/mol. The number of nitrogens with one attached hydrogen (secondary N) is 1. The minimum atomic E-state index is 0.114. The molecular weight excluding hydrogens is 336 g/mol. The fourth-order valence-corrected chi connectivity index (χ4v) is 2.97. The third kappa shape index (κ3) is 7.65. The number of rotatable bonds is 10. The molecule has 0 saturated heterocycles. The highest BCUT2D eigenvalue weighted by Gasteiger charge is 2.07. The summed E-state index contributed by atoms with van der Waals surface area (Å²) in [5.41, 5.74) is 3.57. The normalized spacial score (nSPS) is 12.5. The van der Waals surface area contributed by atoms with Crippen molar-refractivity contribution in [1.29, 1.82) is 0 Å². The highest BCUT2D eigenvalue weighted by atomic mass is 16.5. The van der Waals surface area contributed by atoms with E-state index < -0.39 is 0 Å². The number of allylic oxidation sites excluding steroid dienone is 2. The fraction of sp³-hybridized carbons (Fsp3) is 0.391. The molecule has 1 N–H and O–H groups in total. The topological polar surface area (TPSA) is 51.2 Å². The number of aryl methyl sites for hydroxylation is 1. The van der Waals surface area contributed by atoms with Crippen molar-refractivity contribution in [2.75, 3.05) is 7.11 Å². The van der Waals surface area contributed by atoms with Crippen LogP contribution in [-0.2, 0) is 11.2 Å². The zero-order valence-corrected chi connectivity index (χ0v) is 16.6. The minimum Gasteiger partial charge on any atom is -0.497 e. The molecule has 0 aliphatic rings. The molecule has 1 heterocycles. The Kier molecular flexibility index (Phi) is 8.56. The molecule has 1 aromatic heterocycles. The van der Waals surface area contributed by atoms with Crippen LogP contribution in [0.25, 0.3) is 5.57 Å². The summed E-state index contributed by atoms with van der Waals surface area (Å²) in [4.78, 5) is 16.2. The molecule has 0 unspecified atom stereocenters. The zero-order valence-electron chi connectivity index (χ0n) is 16.6. The van der Waals surface area contributed by atoms with E-state index in [1.54, 1.807) is 13.3 Å². The third-order valence-corrected chi connectivity index (χ3v) is 4.60. The van der Waals surface area contributed by atoms with Crippen LogP contribution in [0.15, 0.2) is 54.9 Å². The van der Waals surface area contributed by atoms with Crippen molar-refractivity contribution in [1.82, 2.24) is 10.3 Å². The number of amides is 1. The van der Waals surface area contributed by atoms with Crippen LogP contribution in [0, 0.1) is 0 Å². The zero-order chi connectivity index (χ0) is 19.5. The second-order valence-electron chi connectivity index (χ2n) is 6.88. The number of benzene rings is 1. The molecule has 0 aliphatic carbocycles. The smallest absolute Gasteiger partial charge is 0.220 e. The molecule has 1 atom stereocenters. The number of ether oxygens (including phenoxy) is 1. The predicted octanol–water partition coefficient (Wildman–Crippen LogP) is 4.80. The molecule has 1 amide bonds. The van der Waals surface area contributed by atoms with Gasteiger partial charge in [0, 0.05) is 24.9 Å². The number of nitrogens with zero attached hydrogens (tertiary/aromatic N) is 1. The molecule has 0 radical (unpaired) electrons. The van der Waals surface area contributed by atoms with Crippen molar-refractivity contribution >= 4 is 11.5 Å². The highest BCUT2D eigenvalue weighted by molar-refractivity contribution is 5.76. The quantitative estimate of drug-likeness (QED) is 0.657. The number of carbonyl (C=O) groups is 1. The summed E-state index contributed by atoms with van der Waals surface area (Å²) in [5.74, 6) is 0.964. The molecule has 0 bridgehead atoms. The van der Waals surface area contributed by atoms with Crippen molar-refractivity contribution in [2.24, 2.45) is 0 Å². The van der Waals surface area contributed by atoms with Crippen LogP contribution in [0.3, 0.4) is 0 Å². The molecule has 4 nitrogen and oxygen atoms in total. The van der Waals surface area contributed by atoms with E-state index in [2.05, 4.69) is 36.3 Å². The van der Waals surface area contributed by atoms with Crippen LogP contribution < -0.4 is 10.1 Å². The van der Waals surface area contributed by atoms with Gasteiger partial charge in [-0.2, -0.15) is 0 Å². The molecule has 27 heavy (non-hydrogen) atoms. The number of carbonyl (C=O) groups excluding carboxylic acids is 1. The van der Waals surface area contributed by atoms with Crippen LogP contribution in [0.2, 0.25) is 0 Å². The van der Waals surface area contributed by atoms with Gasteiger partial charge >= 0.3 is 0 Å². The number of methoxy groups -OCH3 is 1. The van der Waals surface area contributed by atoms with E-state index >= 15 is 0 Å². The van der Waals surface area contributed by atoms with Gasteiger partial charge in [-0.05, 0) is 74.4 Å². The molecule has 0 fully saturated rings. The first-order valence-corrected chi connectivity index (χ1v) is 9.58. The van der Waals surface area contributed by atoms with Crippen molar-refractivity contribution in [2.45, 2.75) is 52.0 Å². The molecule has 4 heteroatoms. The summed E-state index contributed by atoms with van der Waals surface area (Å²) >= 11 is 0. The van der Waals surface area contributed by atoms with Gasteiger partial charge in [0.15, 0.2) is 0 Å². The van der Waals surface area contributed by atoms with Crippen molar-refractivity contribution < 1.29 is 9.53 Å². The summed E-state index contributed by atoms with van der Waals surface area (Å²) in [6, 6.07) is 12.2.